The lowest BCUT2D eigenvalue weighted by Crippen LogP contribution is -2.28. The van der Waals surface area contributed by atoms with Gasteiger partial charge in [0.25, 0.3) is 0 Å². The number of hydrogen-bond acceptors (Lipinski definition) is 5. The normalized spacial score (nSPS) is 15.5. The third-order valence-electron chi connectivity index (χ3n) is 2.89. The summed E-state index contributed by atoms with van der Waals surface area (Å²) in [6, 6.07) is 0.773. The molecule has 0 saturated heterocycles. The van der Waals surface area contributed by atoms with E-state index in [0.29, 0.717) is 0 Å². The second-order valence-corrected chi connectivity index (χ2v) is 5.47. The van der Waals surface area contributed by atoms with E-state index in [1.165, 1.54) is 17.7 Å². The van der Waals surface area contributed by atoms with Gasteiger partial charge in [-0.05, 0) is 19.8 Å². The van der Waals surface area contributed by atoms with Crippen LogP contribution < -0.4 is 5.32 Å². The van der Waals surface area contributed by atoms with Gasteiger partial charge < -0.3 is 10.1 Å². The third kappa shape index (κ3) is 3.94. The molecule has 1 N–H and O–H groups in total. The number of thiazole rings is 1. The maximum Gasteiger partial charge on any atom is 0.182 e. The van der Waals surface area contributed by atoms with Crippen LogP contribution in [0.1, 0.15) is 24.6 Å². The minimum absolute atomic E-state index is 0.773. The Labute approximate surface area is 107 Å². The van der Waals surface area contributed by atoms with Gasteiger partial charge in [0.2, 0.25) is 0 Å². The second kappa shape index (κ2) is 6.33. The van der Waals surface area contributed by atoms with Crippen molar-refractivity contribution in [2.75, 3.05) is 32.1 Å². The topological polar surface area (TPSA) is 37.4 Å². The lowest BCUT2D eigenvalue weighted by atomic mass is 10.4. The molecule has 0 amide bonds. The number of methoxy groups -OCH3 is 1. The Morgan fingerprint density at radius 3 is 3.06 bits per heavy atom. The molecule has 0 atom stereocenters. The Balaban J connectivity index is 1.87. The summed E-state index contributed by atoms with van der Waals surface area (Å²) in [5, 5.41) is 4.29. The Morgan fingerprint density at radius 2 is 2.41 bits per heavy atom. The Morgan fingerprint density at radius 1 is 1.59 bits per heavy atom. The van der Waals surface area contributed by atoms with Crippen molar-refractivity contribution in [1.82, 2.24) is 9.88 Å². The van der Waals surface area contributed by atoms with E-state index in [2.05, 4.69) is 22.1 Å². The van der Waals surface area contributed by atoms with Gasteiger partial charge >= 0.3 is 0 Å². The van der Waals surface area contributed by atoms with Crippen LogP contribution >= 0.6 is 11.3 Å². The number of aromatic nitrogens is 1. The third-order valence-corrected chi connectivity index (χ3v) is 3.83. The Kier molecular flexibility index (Phi) is 4.76. The second-order valence-electron chi connectivity index (χ2n) is 4.36. The van der Waals surface area contributed by atoms with Gasteiger partial charge in [-0.2, -0.15) is 0 Å². The van der Waals surface area contributed by atoms with Crippen LogP contribution in [0.25, 0.3) is 0 Å². The van der Waals surface area contributed by atoms with Crippen LogP contribution in [-0.4, -0.2) is 42.7 Å². The highest BCUT2D eigenvalue weighted by molar-refractivity contribution is 7.15. The number of ether oxygens (including phenoxy) is 1. The molecule has 0 spiro atoms. The van der Waals surface area contributed by atoms with E-state index < -0.39 is 0 Å². The molecule has 5 heteroatoms. The van der Waals surface area contributed by atoms with E-state index in [4.69, 9.17) is 4.74 Å². The van der Waals surface area contributed by atoms with Crippen LogP contribution in [0.3, 0.4) is 0 Å². The van der Waals surface area contributed by atoms with E-state index >= 15 is 0 Å². The molecule has 17 heavy (non-hydrogen) atoms. The lowest BCUT2D eigenvalue weighted by Gasteiger charge is -2.20. The standard InChI is InChI=1S/C12H21N3OS/c1-3-13-12-14-8-11(17-12)9-15(6-7-16-2)10-4-5-10/h8,10H,3-7,9H2,1-2H3,(H,13,14). The first-order valence-corrected chi connectivity index (χ1v) is 7.06. The van der Waals surface area contributed by atoms with Crippen LogP contribution in [-0.2, 0) is 11.3 Å². The predicted molar refractivity (Wildman–Crippen MR) is 71.6 cm³/mol. The molecule has 0 aromatic carbocycles. The zero-order chi connectivity index (χ0) is 12.1. The first kappa shape index (κ1) is 12.8. The molecule has 1 aromatic rings. The number of anilines is 1. The molecule has 4 nitrogen and oxygen atoms in total. The fourth-order valence-corrected chi connectivity index (χ4v) is 2.76. The van der Waals surface area contributed by atoms with Crippen molar-refractivity contribution < 1.29 is 4.74 Å². The summed E-state index contributed by atoms with van der Waals surface area (Å²) in [7, 11) is 1.76. The molecule has 1 aliphatic rings. The maximum absolute atomic E-state index is 5.17. The van der Waals surface area contributed by atoms with E-state index in [0.717, 1.165) is 37.4 Å². The molecule has 96 valence electrons. The van der Waals surface area contributed by atoms with Gasteiger partial charge in [0, 0.05) is 43.9 Å². The monoisotopic (exact) mass is 255 g/mol. The molecule has 2 rings (SSSR count). The average molecular weight is 255 g/mol. The molecule has 0 unspecified atom stereocenters. The van der Waals surface area contributed by atoms with Crippen molar-refractivity contribution in [3.8, 4) is 0 Å². The zero-order valence-electron chi connectivity index (χ0n) is 10.6. The molecule has 0 radical (unpaired) electrons. The highest BCUT2D eigenvalue weighted by Gasteiger charge is 2.28. The van der Waals surface area contributed by atoms with Crippen LogP contribution in [0.5, 0.6) is 0 Å². The van der Waals surface area contributed by atoms with Gasteiger partial charge in [-0.25, -0.2) is 4.98 Å². The molecular weight excluding hydrogens is 234 g/mol. The van der Waals surface area contributed by atoms with Crippen LogP contribution in [0.15, 0.2) is 6.20 Å². The molecule has 1 heterocycles. The summed E-state index contributed by atoms with van der Waals surface area (Å²) in [6.45, 7) is 5.88. The lowest BCUT2D eigenvalue weighted by molar-refractivity contribution is 0.140. The van der Waals surface area contributed by atoms with Gasteiger partial charge in [0.1, 0.15) is 0 Å². The van der Waals surface area contributed by atoms with Gasteiger partial charge in [0.05, 0.1) is 6.61 Å². The van der Waals surface area contributed by atoms with E-state index in [1.54, 1.807) is 18.4 Å². The molecule has 1 aliphatic carbocycles. The van der Waals surface area contributed by atoms with Gasteiger partial charge in [-0.3, -0.25) is 4.90 Å². The minimum Gasteiger partial charge on any atom is -0.383 e. The molecule has 1 fully saturated rings. The number of hydrogen-bond donors (Lipinski definition) is 1. The molecular formula is C12H21N3OS. The first-order valence-electron chi connectivity index (χ1n) is 6.25. The Hall–Kier alpha value is -0.650. The predicted octanol–water partition coefficient (Wildman–Crippen LogP) is 2.19. The van der Waals surface area contributed by atoms with Crippen molar-refractivity contribution in [2.24, 2.45) is 0 Å². The van der Waals surface area contributed by atoms with Crippen molar-refractivity contribution >= 4 is 16.5 Å². The maximum atomic E-state index is 5.17. The summed E-state index contributed by atoms with van der Waals surface area (Å²) in [5.74, 6) is 0. The smallest absolute Gasteiger partial charge is 0.182 e. The van der Waals surface area contributed by atoms with Gasteiger partial charge in [0.15, 0.2) is 5.13 Å². The highest BCUT2D eigenvalue weighted by atomic mass is 32.1. The molecule has 0 aliphatic heterocycles. The van der Waals surface area contributed by atoms with Crippen LogP contribution in [0, 0.1) is 0 Å². The summed E-state index contributed by atoms with van der Waals surface area (Å²) in [6.07, 6.45) is 4.66. The van der Waals surface area contributed by atoms with Crippen LogP contribution in [0.4, 0.5) is 5.13 Å². The van der Waals surface area contributed by atoms with Gasteiger partial charge in [-0.15, -0.1) is 11.3 Å². The summed E-state index contributed by atoms with van der Waals surface area (Å²) < 4.78 is 5.17. The number of nitrogens with zero attached hydrogens (tertiary/aromatic N) is 2. The SMILES string of the molecule is CCNc1ncc(CN(CCOC)C2CC2)s1. The van der Waals surface area contributed by atoms with E-state index in [9.17, 15) is 0 Å². The van der Waals surface area contributed by atoms with Crippen molar-refractivity contribution in [3.05, 3.63) is 11.1 Å². The van der Waals surface area contributed by atoms with Crippen molar-refractivity contribution in [2.45, 2.75) is 32.4 Å². The van der Waals surface area contributed by atoms with Crippen molar-refractivity contribution in [3.63, 3.8) is 0 Å². The van der Waals surface area contributed by atoms with Crippen LogP contribution in [0.2, 0.25) is 0 Å². The number of nitrogens with one attached hydrogen (secondary N) is 1. The fraction of sp³-hybridized carbons (Fsp3) is 0.750. The van der Waals surface area contributed by atoms with E-state index in [1.807, 2.05) is 6.20 Å². The molecule has 1 saturated carbocycles. The molecule has 1 aromatic heterocycles. The van der Waals surface area contributed by atoms with E-state index in [-0.39, 0.29) is 0 Å². The van der Waals surface area contributed by atoms with Gasteiger partial charge in [-0.1, -0.05) is 0 Å². The quantitative estimate of drug-likeness (QED) is 0.772. The zero-order valence-corrected chi connectivity index (χ0v) is 11.4. The average Bonchev–Trinajstić information content (AvgIpc) is 3.08. The summed E-state index contributed by atoms with van der Waals surface area (Å²) in [5.41, 5.74) is 0. The Bertz CT molecular complexity index is 338. The number of rotatable bonds is 8. The first-order chi connectivity index (χ1) is 8.33. The summed E-state index contributed by atoms with van der Waals surface area (Å²) >= 11 is 1.76. The largest absolute Gasteiger partial charge is 0.383 e. The fourth-order valence-electron chi connectivity index (χ4n) is 1.85. The minimum atomic E-state index is 0.773. The van der Waals surface area contributed by atoms with Crippen molar-refractivity contribution in [1.29, 1.82) is 0 Å². The summed E-state index contributed by atoms with van der Waals surface area (Å²) in [4.78, 5) is 8.21. The molecule has 0 bridgehead atoms. The highest BCUT2D eigenvalue weighted by Crippen LogP contribution is 2.29.